The summed E-state index contributed by atoms with van der Waals surface area (Å²) in [6.45, 7) is -0.360. The first-order chi connectivity index (χ1) is 12.5. The third-order valence-corrected chi connectivity index (χ3v) is 3.39. The summed E-state index contributed by atoms with van der Waals surface area (Å²) in [4.78, 5) is 34.4. The number of aliphatic carboxylic acids is 1. The van der Waals surface area contributed by atoms with Gasteiger partial charge in [0.05, 0.1) is 19.3 Å². The maximum Gasteiger partial charge on any atom is 0.325 e. The fourth-order valence-electron chi connectivity index (χ4n) is 2.19. The van der Waals surface area contributed by atoms with Gasteiger partial charge < -0.3 is 25.2 Å². The minimum Gasteiger partial charge on any atom is -0.480 e. The number of ether oxygens (including phenoxy) is 2. The Bertz CT molecular complexity index is 849. The van der Waals surface area contributed by atoms with Gasteiger partial charge in [-0.15, -0.1) is 5.10 Å². The van der Waals surface area contributed by atoms with E-state index >= 15 is 0 Å². The number of hydrogen-bond acceptors (Lipinski definition) is 7. The van der Waals surface area contributed by atoms with Crippen molar-refractivity contribution in [2.45, 2.75) is 13.1 Å². The van der Waals surface area contributed by atoms with Crippen molar-refractivity contribution in [1.82, 2.24) is 25.6 Å². The third kappa shape index (κ3) is 4.26. The summed E-state index contributed by atoms with van der Waals surface area (Å²) in [6.07, 6.45) is 1.42. The van der Waals surface area contributed by atoms with Crippen molar-refractivity contribution in [2.24, 2.45) is 0 Å². The number of amides is 2. The lowest BCUT2D eigenvalue weighted by Crippen LogP contribution is -2.36. The zero-order chi connectivity index (χ0) is 18.5. The molecule has 1 aromatic heterocycles. The second-order valence-electron chi connectivity index (χ2n) is 5.33. The fourth-order valence-corrected chi connectivity index (χ4v) is 2.19. The number of benzene rings is 1. The molecule has 2 aromatic rings. The van der Waals surface area contributed by atoms with Crippen molar-refractivity contribution in [3.8, 4) is 11.5 Å². The van der Waals surface area contributed by atoms with E-state index in [1.165, 1.54) is 12.3 Å². The van der Waals surface area contributed by atoms with E-state index in [4.69, 9.17) is 14.6 Å². The van der Waals surface area contributed by atoms with Crippen LogP contribution in [0.5, 0.6) is 11.5 Å². The van der Waals surface area contributed by atoms with E-state index < -0.39 is 17.8 Å². The Morgan fingerprint density at radius 1 is 1.19 bits per heavy atom. The van der Waals surface area contributed by atoms with Gasteiger partial charge in [-0.05, 0) is 18.2 Å². The zero-order valence-corrected chi connectivity index (χ0v) is 13.5. The summed E-state index contributed by atoms with van der Waals surface area (Å²) >= 11 is 0. The Morgan fingerprint density at radius 3 is 2.81 bits per heavy atom. The second kappa shape index (κ2) is 7.51. The summed E-state index contributed by atoms with van der Waals surface area (Å²) in [5, 5.41) is 21.1. The molecule has 0 saturated carbocycles. The van der Waals surface area contributed by atoms with Gasteiger partial charge in [0, 0.05) is 5.56 Å². The van der Waals surface area contributed by atoms with Crippen LogP contribution in [-0.4, -0.2) is 51.2 Å². The number of nitrogens with one attached hydrogen (secondary N) is 2. The predicted octanol–water partition coefficient (Wildman–Crippen LogP) is -0.862. The normalized spacial score (nSPS) is 11.8. The molecule has 3 N–H and O–H groups in total. The topological polar surface area (TPSA) is 145 Å². The molecule has 0 radical (unpaired) electrons. The Balaban J connectivity index is 1.44. The van der Waals surface area contributed by atoms with Gasteiger partial charge in [0.1, 0.15) is 12.2 Å². The quantitative estimate of drug-likeness (QED) is 0.577. The highest BCUT2D eigenvalue weighted by molar-refractivity contribution is 5.97. The maximum absolute atomic E-state index is 12.1. The average molecular weight is 361 g/mol. The van der Waals surface area contributed by atoms with Gasteiger partial charge in [-0.1, -0.05) is 5.21 Å². The maximum atomic E-state index is 12.1. The molecule has 1 aliphatic rings. The molecule has 2 heterocycles. The molecule has 136 valence electrons. The van der Waals surface area contributed by atoms with Crippen LogP contribution in [0.25, 0.3) is 0 Å². The van der Waals surface area contributed by atoms with Crippen LogP contribution in [-0.2, 0) is 22.7 Å². The van der Waals surface area contributed by atoms with Crippen LogP contribution >= 0.6 is 0 Å². The van der Waals surface area contributed by atoms with E-state index in [2.05, 4.69) is 20.9 Å². The minimum atomic E-state index is -1.04. The number of hydrogen-bond donors (Lipinski definition) is 3. The first kappa shape index (κ1) is 17.2. The molecule has 0 saturated heterocycles. The van der Waals surface area contributed by atoms with Crippen molar-refractivity contribution in [3.63, 3.8) is 0 Å². The van der Waals surface area contributed by atoms with Crippen LogP contribution in [0, 0.1) is 0 Å². The fraction of sp³-hybridized carbons (Fsp3) is 0.267. The van der Waals surface area contributed by atoms with E-state index in [1.54, 1.807) is 12.1 Å². The van der Waals surface area contributed by atoms with Crippen molar-refractivity contribution in [3.05, 3.63) is 35.7 Å². The van der Waals surface area contributed by atoms with Crippen LogP contribution in [0.4, 0.5) is 0 Å². The number of nitrogens with zero attached hydrogens (tertiary/aromatic N) is 3. The second-order valence-corrected chi connectivity index (χ2v) is 5.33. The van der Waals surface area contributed by atoms with Gasteiger partial charge in [-0.25, -0.2) is 4.68 Å². The number of carboxylic acid groups (broad SMARTS) is 1. The first-order valence-corrected chi connectivity index (χ1v) is 7.56. The molecular formula is C15H15N5O6. The highest BCUT2D eigenvalue weighted by Crippen LogP contribution is 2.32. The number of carbonyl (C=O) groups is 3. The summed E-state index contributed by atoms with van der Waals surface area (Å²) in [5.41, 5.74) is 0.750. The Hall–Kier alpha value is -3.63. The standard InChI is InChI=1S/C15H15N5O6/c21-13(16-4-10-6-20(19-18-10)7-14(22)23)5-17-15(24)9-1-2-11-12(3-9)26-8-25-11/h1-3,6H,4-5,7-8H2,(H,16,21)(H,17,24)(H,22,23). The Labute approximate surface area is 146 Å². The monoisotopic (exact) mass is 361 g/mol. The highest BCUT2D eigenvalue weighted by Gasteiger charge is 2.16. The first-order valence-electron chi connectivity index (χ1n) is 7.56. The van der Waals surface area contributed by atoms with E-state index in [-0.39, 0.29) is 26.4 Å². The Morgan fingerprint density at radius 2 is 2.00 bits per heavy atom. The van der Waals surface area contributed by atoms with Gasteiger partial charge in [-0.2, -0.15) is 0 Å². The van der Waals surface area contributed by atoms with Gasteiger partial charge in [0.25, 0.3) is 5.91 Å². The molecular weight excluding hydrogens is 346 g/mol. The SMILES string of the molecule is O=C(O)Cn1cc(CNC(=O)CNC(=O)c2ccc3c(c2)OCO3)nn1. The van der Waals surface area contributed by atoms with Crippen LogP contribution in [0.1, 0.15) is 16.1 Å². The van der Waals surface area contributed by atoms with Crippen molar-refractivity contribution < 1.29 is 29.0 Å². The van der Waals surface area contributed by atoms with Crippen LogP contribution in [0.15, 0.2) is 24.4 Å². The molecule has 1 aromatic carbocycles. The Kier molecular flexibility index (Phi) is 4.97. The van der Waals surface area contributed by atoms with Crippen molar-refractivity contribution in [2.75, 3.05) is 13.3 Å². The number of rotatable bonds is 7. The summed E-state index contributed by atoms with van der Waals surface area (Å²) in [5.74, 6) is -0.851. The zero-order valence-electron chi connectivity index (χ0n) is 13.5. The lowest BCUT2D eigenvalue weighted by atomic mass is 10.2. The van der Waals surface area contributed by atoms with Crippen LogP contribution in [0.3, 0.4) is 0 Å². The highest BCUT2D eigenvalue weighted by atomic mass is 16.7. The number of fused-ring (bicyclic) bond motifs is 1. The molecule has 26 heavy (non-hydrogen) atoms. The molecule has 1 aliphatic heterocycles. The van der Waals surface area contributed by atoms with E-state index in [9.17, 15) is 14.4 Å². The molecule has 0 spiro atoms. The third-order valence-electron chi connectivity index (χ3n) is 3.39. The number of aromatic nitrogens is 3. The van der Waals surface area contributed by atoms with E-state index in [0.717, 1.165) is 4.68 Å². The molecule has 11 heteroatoms. The van der Waals surface area contributed by atoms with Gasteiger partial charge in [0.15, 0.2) is 11.5 Å². The molecule has 3 rings (SSSR count). The lowest BCUT2D eigenvalue weighted by Gasteiger charge is -2.06. The number of carboxylic acids is 1. The molecule has 0 atom stereocenters. The molecule has 2 amide bonds. The molecule has 0 unspecified atom stereocenters. The summed E-state index contributed by atoms with van der Waals surface area (Å²) in [6, 6.07) is 4.73. The van der Waals surface area contributed by atoms with Gasteiger partial charge in [-0.3, -0.25) is 14.4 Å². The largest absolute Gasteiger partial charge is 0.480 e. The summed E-state index contributed by atoms with van der Waals surface area (Å²) in [7, 11) is 0. The molecule has 0 bridgehead atoms. The van der Waals surface area contributed by atoms with Crippen LogP contribution in [0.2, 0.25) is 0 Å². The molecule has 0 fully saturated rings. The van der Waals surface area contributed by atoms with Crippen LogP contribution < -0.4 is 20.1 Å². The number of carbonyl (C=O) groups excluding carboxylic acids is 2. The average Bonchev–Trinajstić information content (AvgIpc) is 3.25. The van der Waals surface area contributed by atoms with Crippen molar-refractivity contribution >= 4 is 17.8 Å². The smallest absolute Gasteiger partial charge is 0.325 e. The van der Waals surface area contributed by atoms with Gasteiger partial charge in [0.2, 0.25) is 12.7 Å². The molecule has 0 aliphatic carbocycles. The lowest BCUT2D eigenvalue weighted by molar-refractivity contribution is -0.138. The van der Waals surface area contributed by atoms with Crippen molar-refractivity contribution in [1.29, 1.82) is 0 Å². The minimum absolute atomic E-state index is 0.0678. The predicted molar refractivity (Wildman–Crippen MR) is 84.4 cm³/mol. The summed E-state index contributed by atoms with van der Waals surface area (Å²) < 4.78 is 11.5. The molecule has 11 nitrogen and oxygen atoms in total. The van der Waals surface area contributed by atoms with E-state index in [0.29, 0.717) is 22.8 Å². The van der Waals surface area contributed by atoms with Gasteiger partial charge >= 0.3 is 5.97 Å². The van der Waals surface area contributed by atoms with E-state index in [1.807, 2.05) is 0 Å².